The zero-order valence-corrected chi connectivity index (χ0v) is 13.5. The molecule has 2 aromatic carbocycles. The van der Waals surface area contributed by atoms with Crippen molar-refractivity contribution >= 4 is 23.0 Å². The number of benzene rings is 2. The van der Waals surface area contributed by atoms with Crippen molar-refractivity contribution in [2.45, 2.75) is 19.1 Å². The summed E-state index contributed by atoms with van der Waals surface area (Å²) in [4.78, 5) is 23.8. The van der Waals surface area contributed by atoms with Crippen LogP contribution in [-0.4, -0.2) is 28.5 Å². The van der Waals surface area contributed by atoms with E-state index in [9.17, 15) is 28.8 Å². The molecule has 2 N–H and O–H groups in total. The SMILES string of the molecule is O=C1CC(Nc2cc(CO)ccc2[N+](=O)[O-])CN1c1c(F)cccc1F. The second kappa shape index (κ2) is 7.04. The molecule has 0 saturated carbocycles. The van der Waals surface area contributed by atoms with Crippen LogP contribution in [0.4, 0.5) is 25.8 Å². The standard InChI is InChI=1S/C17H15F2N3O4/c18-12-2-1-3-13(19)17(12)21-8-11(7-16(21)24)20-14-6-10(9-23)4-5-15(14)22(25)26/h1-6,11,20,23H,7-9H2. The Bertz CT molecular complexity index is 855. The Hall–Kier alpha value is -3.07. The summed E-state index contributed by atoms with van der Waals surface area (Å²) in [6.45, 7) is -0.347. The van der Waals surface area contributed by atoms with Crippen molar-refractivity contribution in [3.63, 3.8) is 0 Å². The predicted octanol–water partition coefficient (Wildman–Crippen LogP) is 2.58. The molecule has 1 amide bonds. The van der Waals surface area contributed by atoms with E-state index in [1.807, 2.05) is 0 Å². The van der Waals surface area contributed by atoms with Crippen molar-refractivity contribution < 1.29 is 23.6 Å². The summed E-state index contributed by atoms with van der Waals surface area (Å²) in [5.41, 5.74) is -0.0554. The number of anilines is 2. The summed E-state index contributed by atoms with van der Waals surface area (Å²) >= 11 is 0. The molecule has 1 saturated heterocycles. The Morgan fingerprint density at radius 1 is 1.27 bits per heavy atom. The van der Waals surface area contributed by atoms with E-state index >= 15 is 0 Å². The molecule has 1 fully saturated rings. The lowest BCUT2D eigenvalue weighted by Crippen LogP contribution is -2.29. The molecule has 0 bridgehead atoms. The Kier molecular flexibility index (Phi) is 4.81. The van der Waals surface area contributed by atoms with Gasteiger partial charge >= 0.3 is 0 Å². The zero-order chi connectivity index (χ0) is 18.8. The van der Waals surface area contributed by atoms with Crippen molar-refractivity contribution in [2.24, 2.45) is 0 Å². The number of carbonyl (C=O) groups excluding carboxylic acids is 1. The number of nitro benzene ring substituents is 1. The molecule has 1 aliphatic rings. The first-order chi connectivity index (χ1) is 12.4. The highest BCUT2D eigenvalue weighted by Crippen LogP contribution is 2.31. The van der Waals surface area contributed by atoms with Crippen LogP contribution >= 0.6 is 0 Å². The first-order valence-electron chi connectivity index (χ1n) is 7.79. The van der Waals surface area contributed by atoms with Crippen molar-refractivity contribution in [3.8, 4) is 0 Å². The van der Waals surface area contributed by atoms with Crippen LogP contribution < -0.4 is 10.2 Å². The van der Waals surface area contributed by atoms with Gasteiger partial charge in [-0.3, -0.25) is 14.9 Å². The molecule has 26 heavy (non-hydrogen) atoms. The molecule has 1 heterocycles. The molecule has 7 nitrogen and oxygen atoms in total. The predicted molar refractivity (Wildman–Crippen MR) is 89.8 cm³/mol. The van der Waals surface area contributed by atoms with Crippen molar-refractivity contribution in [1.82, 2.24) is 0 Å². The summed E-state index contributed by atoms with van der Waals surface area (Å²) in [5, 5.41) is 23.2. The van der Waals surface area contributed by atoms with Gasteiger partial charge in [0.2, 0.25) is 5.91 Å². The van der Waals surface area contributed by atoms with Gasteiger partial charge in [-0.05, 0) is 29.8 Å². The minimum atomic E-state index is -0.854. The maximum Gasteiger partial charge on any atom is 0.292 e. The number of amides is 1. The minimum absolute atomic E-state index is 0.0445. The lowest BCUT2D eigenvalue weighted by molar-refractivity contribution is -0.384. The molecule has 1 unspecified atom stereocenters. The van der Waals surface area contributed by atoms with E-state index in [1.54, 1.807) is 0 Å². The molecule has 0 spiro atoms. The summed E-state index contributed by atoms with van der Waals surface area (Å²) in [7, 11) is 0. The number of para-hydroxylation sites is 1. The first-order valence-corrected chi connectivity index (χ1v) is 7.79. The third-order valence-electron chi connectivity index (χ3n) is 4.13. The van der Waals surface area contributed by atoms with Gasteiger partial charge in [0.05, 0.1) is 17.6 Å². The number of nitro groups is 1. The van der Waals surface area contributed by atoms with Crippen molar-refractivity contribution in [2.75, 3.05) is 16.8 Å². The lowest BCUT2D eigenvalue weighted by Gasteiger charge is -2.19. The van der Waals surface area contributed by atoms with Crippen LogP contribution in [-0.2, 0) is 11.4 Å². The van der Waals surface area contributed by atoms with Gasteiger partial charge in [-0.1, -0.05) is 6.07 Å². The quantitative estimate of drug-likeness (QED) is 0.629. The molecular weight excluding hydrogens is 348 g/mol. The van der Waals surface area contributed by atoms with E-state index in [4.69, 9.17) is 0 Å². The number of rotatable bonds is 5. The fourth-order valence-corrected chi connectivity index (χ4v) is 2.94. The van der Waals surface area contributed by atoms with Crippen LogP contribution in [0.15, 0.2) is 36.4 Å². The highest BCUT2D eigenvalue weighted by molar-refractivity contribution is 5.97. The van der Waals surface area contributed by atoms with E-state index in [-0.39, 0.29) is 30.9 Å². The average molecular weight is 363 g/mol. The number of nitrogens with zero attached hydrogens (tertiary/aromatic N) is 2. The third kappa shape index (κ3) is 3.33. The van der Waals surface area contributed by atoms with Gasteiger partial charge in [-0.25, -0.2) is 8.78 Å². The molecule has 136 valence electrons. The van der Waals surface area contributed by atoms with Gasteiger partial charge in [0.1, 0.15) is 23.0 Å². The van der Waals surface area contributed by atoms with Crippen LogP contribution in [0.1, 0.15) is 12.0 Å². The van der Waals surface area contributed by atoms with Crippen molar-refractivity contribution in [1.29, 1.82) is 0 Å². The molecule has 3 rings (SSSR count). The van der Waals surface area contributed by atoms with E-state index in [1.165, 1.54) is 24.3 Å². The van der Waals surface area contributed by atoms with Gasteiger partial charge in [-0.15, -0.1) is 0 Å². The van der Waals surface area contributed by atoms with E-state index < -0.39 is 34.2 Å². The minimum Gasteiger partial charge on any atom is -0.392 e. The number of aliphatic hydroxyl groups excluding tert-OH is 1. The Balaban J connectivity index is 1.85. The van der Waals surface area contributed by atoms with Gasteiger partial charge < -0.3 is 15.3 Å². The number of hydrogen-bond acceptors (Lipinski definition) is 5. The zero-order valence-electron chi connectivity index (χ0n) is 13.5. The summed E-state index contributed by atoms with van der Waals surface area (Å²) < 4.78 is 27.9. The third-order valence-corrected chi connectivity index (χ3v) is 4.13. The first kappa shape index (κ1) is 17.7. The van der Waals surface area contributed by atoms with Crippen LogP contribution in [0.25, 0.3) is 0 Å². The number of halogens is 2. The van der Waals surface area contributed by atoms with Crippen LogP contribution in [0.3, 0.4) is 0 Å². The van der Waals surface area contributed by atoms with E-state index in [0.717, 1.165) is 17.0 Å². The number of hydrogen-bond donors (Lipinski definition) is 2. The maximum absolute atomic E-state index is 13.9. The smallest absolute Gasteiger partial charge is 0.292 e. The normalized spacial score (nSPS) is 16.8. The number of carbonyl (C=O) groups is 1. The molecule has 1 atom stereocenters. The largest absolute Gasteiger partial charge is 0.392 e. The fourth-order valence-electron chi connectivity index (χ4n) is 2.94. The molecule has 0 aliphatic carbocycles. The van der Waals surface area contributed by atoms with Crippen molar-refractivity contribution in [3.05, 3.63) is 63.7 Å². The highest BCUT2D eigenvalue weighted by Gasteiger charge is 2.34. The molecule has 0 radical (unpaired) electrons. The fraction of sp³-hybridized carbons (Fsp3) is 0.235. The average Bonchev–Trinajstić information content (AvgIpc) is 2.94. The Morgan fingerprint density at radius 3 is 2.58 bits per heavy atom. The number of nitrogens with one attached hydrogen (secondary N) is 1. The molecule has 2 aromatic rings. The van der Waals surface area contributed by atoms with E-state index in [2.05, 4.69) is 5.32 Å². The van der Waals surface area contributed by atoms with Crippen LogP contribution in [0, 0.1) is 21.7 Å². The number of aliphatic hydroxyl groups is 1. The monoisotopic (exact) mass is 363 g/mol. The highest BCUT2D eigenvalue weighted by atomic mass is 19.1. The topological polar surface area (TPSA) is 95.7 Å². The van der Waals surface area contributed by atoms with Gasteiger partial charge in [-0.2, -0.15) is 0 Å². The summed E-state index contributed by atoms with van der Waals surface area (Å²) in [5.74, 6) is -2.20. The van der Waals surface area contributed by atoms with Gasteiger partial charge in [0.15, 0.2) is 0 Å². The molecule has 9 heteroatoms. The van der Waals surface area contributed by atoms with Crippen LogP contribution in [0.5, 0.6) is 0 Å². The van der Waals surface area contributed by atoms with E-state index in [0.29, 0.717) is 5.56 Å². The second-order valence-corrected chi connectivity index (χ2v) is 5.89. The molecular formula is C17H15F2N3O4. The maximum atomic E-state index is 13.9. The summed E-state index contributed by atoms with van der Waals surface area (Å²) in [6.07, 6.45) is -0.0751. The second-order valence-electron chi connectivity index (χ2n) is 5.89. The molecule has 1 aliphatic heterocycles. The van der Waals surface area contributed by atoms with Crippen LogP contribution in [0.2, 0.25) is 0 Å². The molecule has 0 aromatic heterocycles. The lowest BCUT2D eigenvalue weighted by atomic mass is 10.1. The Labute approximate surface area is 147 Å². The van der Waals surface area contributed by atoms with Gasteiger partial charge in [0.25, 0.3) is 5.69 Å². The Morgan fingerprint density at radius 2 is 1.96 bits per heavy atom. The summed E-state index contributed by atoms with van der Waals surface area (Å²) in [6, 6.07) is 6.82. The van der Waals surface area contributed by atoms with Gasteiger partial charge in [0, 0.05) is 19.0 Å².